The van der Waals surface area contributed by atoms with Gasteiger partial charge in [0.15, 0.2) is 5.69 Å². The normalized spacial score (nSPS) is 24.6. The van der Waals surface area contributed by atoms with Gasteiger partial charge in [-0.25, -0.2) is 14.5 Å². The molecule has 2 saturated heterocycles. The van der Waals surface area contributed by atoms with Crippen LogP contribution in [0.4, 0.5) is 24.9 Å². The summed E-state index contributed by atoms with van der Waals surface area (Å²) in [6.07, 6.45) is -3.25. The molecule has 268 valence electrons. The first kappa shape index (κ1) is 9.41. The molecule has 0 unspecified atom stereocenters. The zero-order chi connectivity index (χ0) is 84.0. The first-order chi connectivity index (χ1) is 47.3. The van der Waals surface area contributed by atoms with Gasteiger partial charge < -0.3 is 20.3 Å². The number of rotatable bonds is 5. The van der Waals surface area contributed by atoms with E-state index in [1.165, 1.54) is 0 Å². The van der Waals surface area contributed by atoms with Crippen molar-refractivity contribution in [2.24, 2.45) is 0 Å². The highest BCUT2D eigenvalue weighted by molar-refractivity contribution is 5.81. The van der Waals surface area contributed by atoms with Crippen molar-refractivity contribution in [1.29, 1.82) is 0 Å². The fraction of sp³-hybridized carbons (Fsp3) is 0.481. The van der Waals surface area contributed by atoms with Crippen molar-refractivity contribution in [2.75, 3.05) is 50.1 Å². The van der Waals surface area contributed by atoms with E-state index in [2.05, 4.69) is 25.6 Å². The van der Waals surface area contributed by atoms with Gasteiger partial charge in [0, 0.05) is 109 Å². The van der Waals surface area contributed by atoms with Crippen LogP contribution in [0, 0.1) is 6.92 Å². The molecule has 0 spiro atoms. The van der Waals surface area contributed by atoms with Crippen molar-refractivity contribution < 1.29 is 101 Å². The molecule has 6 rings (SSSR count). The standard InChI is InChI=1S/C27H32F3N9O.28H2/c1-16-15-40-13-12-37(16)22-14-20(34-26(35-22)38-21-7-5-4-6-19(21)33-25(38)31-3)23-17(2)39(18-8-10-32-11-9-18)36-24(23)27(28,29)30;;;;;;;;;;;;;;;;;;;;;;;;;;;;/h4-7,14,16,18,32H,8-13,15H2,1-3H3,(H,31,33);28*1H/t16-;;;;;;;;;;;;;;;;;;;;;;;;;;;;/m1............................/s1/i;28*1+1D. The summed E-state index contributed by atoms with van der Waals surface area (Å²) in [5, 5.41) is 10.5. The fourth-order valence-corrected chi connectivity index (χ4v) is 5.69. The number of imidazole rings is 1. The van der Waals surface area contributed by atoms with Gasteiger partial charge in [-0.05, 0) is 51.9 Å². The molecule has 0 saturated carbocycles. The Morgan fingerprint density at radius 3 is 2.65 bits per heavy atom. The quantitative estimate of drug-likeness (QED) is 0.217. The minimum Gasteiger partial charge on any atom is -0.377 e. The summed E-state index contributed by atoms with van der Waals surface area (Å²) in [4.78, 5) is 16.3. The lowest BCUT2D eigenvalue weighted by atomic mass is 10.1. The molecule has 40 heavy (non-hydrogen) atoms. The number of alkyl halides is 3. The van der Waals surface area contributed by atoms with Crippen LogP contribution in [0.5, 0.6) is 0 Å². The Labute approximate surface area is 316 Å². The number of morpholine rings is 1. The van der Waals surface area contributed by atoms with E-state index < -0.39 is 11.9 Å². The summed E-state index contributed by atoms with van der Waals surface area (Å²) >= 11 is 0. The maximum Gasteiger partial charge on any atom is 0.435 e. The topological polar surface area (TPSA) is 98.0 Å². The van der Waals surface area contributed by atoms with E-state index >= 15 is 0 Å². The summed E-state index contributed by atoms with van der Waals surface area (Å²) in [6.45, 7) is 6.72. The van der Waals surface area contributed by atoms with Crippen molar-refractivity contribution in [2.45, 2.75) is 44.9 Å². The fourth-order valence-electron chi connectivity index (χ4n) is 5.69. The van der Waals surface area contributed by atoms with Crippen LogP contribution in [0.1, 0.15) is 120 Å². The van der Waals surface area contributed by atoms with Crippen LogP contribution in [-0.2, 0) is 10.9 Å². The number of ether oxygens (including phenoxy) is 1. The zero-order valence-electron chi connectivity index (χ0n) is 78.7. The van der Waals surface area contributed by atoms with E-state index in [1.807, 2.05) is 31.2 Å². The van der Waals surface area contributed by atoms with E-state index in [4.69, 9.17) is 97.9 Å². The third-order valence-corrected chi connectivity index (χ3v) is 7.68. The summed E-state index contributed by atoms with van der Waals surface area (Å²) in [7, 11) is 1.74. The van der Waals surface area contributed by atoms with Crippen LogP contribution in [0.2, 0.25) is 0 Å². The molecule has 2 fully saturated rings. The third kappa shape index (κ3) is 4.66. The molecule has 1 atom stereocenters. The number of para-hydroxylation sites is 2. The Hall–Kier alpha value is -3.71. The minimum absolute atomic E-state index is 0.0201. The van der Waals surface area contributed by atoms with Crippen LogP contribution in [-0.4, -0.2) is 75.2 Å². The Bertz CT molecular complexity index is 1620. The number of benzene rings is 1. The van der Waals surface area contributed by atoms with Gasteiger partial charge in [-0.2, -0.15) is 23.3 Å². The Kier molecular flexibility index (Phi) is 2.44. The van der Waals surface area contributed by atoms with Crippen molar-refractivity contribution in [1.82, 2.24) is 34.6 Å². The predicted octanol–water partition coefficient (Wildman–Crippen LogP) is 11.1. The van der Waals surface area contributed by atoms with E-state index in [9.17, 15) is 13.2 Å². The smallest absolute Gasteiger partial charge is 0.377 e. The van der Waals surface area contributed by atoms with Crippen molar-refractivity contribution in [3.05, 3.63) is 41.7 Å². The number of aromatic nitrogens is 6. The van der Waals surface area contributed by atoms with Gasteiger partial charge in [-0.3, -0.25) is 4.68 Å². The first-order valence-corrected chi connectivity index (χ1v) is 13.5. The molecule has 13 heteroatoms. The lowest BCUT2D eigenvalue weighted by molar-refractivity contribution is -0.141. The third-order valence-electron chi connectivity index (χ3n) is 7.68. The Morgan fingerprint density at radius 2 is 1.93 bits per heavy atom. The monoisotopic (exact) mass is 668 g/mol. The largest absolute Gasteiger partial charge is 0.435 e. The van der Waals surface area contributed by atoms with Gasteiger partial charge in [0.05, 0.1) is 47.6 Å². The maximum atomic E-state index is 14.5. The summed E-state index contributed by atoms with van der Waals surface area (Å²) in [6, 6.07) is 9.02. The van der Waals surface area contributed by atoms with Gasteiger partial charge in [0.2, 0.25) is 11.9 Å². The average molecular weight is 668 g/mol. The molecule has 0 amide bonds. The number of anilines is 2. The molecule has 2 N–H and O–H groups in total. The van der Waals surface area contributed by atoms with Gasteiger partial charge in [0.1, 0.15) is 5.82 Å². The average Bonchev–Trinajstić information content (AvgIpc) is 1.56. The second kappa shape index (κ2) is 10.4. The molecule has 2 aliphatic heterocycles. The molecule has 0 bridgehead atoms. The predicted molar refractivity (Wildman–Crippen MR) is 205 cm³/mol. The minimum atomic E-state index is -4.66. The molecule has 3 aromatic heterocycles. The number of piperidine rings is 1. The first-order valence-electron chi connectivity index (χ1n) is 41.5. The van der Waals surface area contributed by atoms with Crippen molar-refractivity contribution in [3.8, 4) is 17.2 Å². The number of nitrogens with one attached hydrogen (secondary N) is 2. The van der Waals surface area contributed by atoms with Crippen LogP contribution in [0.15, 0.2) is 30.3 Å². The van der Waals surface area contributed by atoms with E-state index in [0.717, 1.165) is 18.6 Å². The highest BCUT2D eigenvalue weighted by Gasteiger charge is 2.41. The van der Waals surface area contributed by atoms with Crippen LogP contribution in [0.25, 0.3) is 28.2 Å². The summed E-state index contributed by atoms with van der Waals surface area (Å²) in [5.74, 6) is 1.24. The molecule has 5 heterocycles. The van der Waals surface area contributed by atoms with Gasteiger partial charge in [-0.15, -0.1) is 0 Å². The van der Waals surface area contributed by atoms with Gasteiger partial charge >= 0.3 is 6.18 Å². The zero-order valence-corrected chi connectivity index (χ0v) is 22.7. The molecule has 0 radical (unpaired) electrons. The van der Waals surface area contributed by atoms with Gasteiger partial charge in [0.25, 0.3) is 0 Å². The number of hydrogen-bond acceptors (Lipinski definition) is 8. The number of hydrogen-bond donors (Lipinski definition) is 2. The van der Waals surface area contributed by atoms with Crippen molar-refractivity contribution >= 4 is 22.8 Å². The molecule has 2 aliphatic rings. The molecular formula is C27H88F3N9O. The number of halogens is 3. The lowest BCUT2D eigenvalue weighted by Crippen LogP contribution is -2.44. The highest BCUT2D eigenvalue weighted by Crippen LogP contribution is 2.40. The Morgan fingerprint density at radius 1 is 1.15 bits per heavy atom. The van der Waals surface area contributed by atoms with E-state index in [1.54, 1.807) is 29.3 Å². The van der Waals surface area contributed by atoms with Crippen LogP contribution in [0.3, 0.4) is 0 Å². The maximum absolute atomic E-state index is 14.5. The number of nitrogens with zero attached hydrogens (tertiary/aromatic N) is 7. The second-order valence-corrected chi connectivity index (χ2v) is 10.3. The highest BCUT2D eigenvalue weighted by atomic mass is 19.4. The molecular weight excluding hydrogens is 523 g/mol. The van der Waals surface area contributed by atoms with Gasteiger partial charge in [-0.1, -0.05) is 12.1 Å². The van der Waals surface area contributed by atoms with Crippen LogP contribution >= 0.6 is 0 Å². The second-order valence-electron chi connectivity index (χ2n) is 10.3. The van der Waals surface area contributed by atoms with Crippen LogP contribution < -0.4 is 15.5 Å². The molecule has 0 aliphatic carbocycles. The molecule has 4 aromatic rings. The Balaban J connectivity index is -0.0000000383. The summed E-state index contributed by atoms with van der Waals surface area (Å²) in [5.41, 5.74) is 1.11. The molecule has 10 nitrogen and oxygen atoms in total. The van der Waals surface area contributed by atoms with E-state index in [0.29, 0.717) is 55.6 Å². The molecule has 1 aromatic carbocycles. The van der Waals surface area contributed by atoms with Crippen molar-refractivity contribution in [3.63, 3.8) is 0 Å². The SMILES string of the molecule is CNc1nc2ccccc2n1-c1nc(-c2c(C(F)(F)F)nn(C3CCNCC3)c2C)cc(N2CCOC[C@H]2C)n1.[2H][2H].[2H][2H].[2H][2H].[2H][2H].[2H][2H].[2H][2H].[2H][2H].[2H][2H].[2H][2H].[2H][2H].[2H][2H].[2H][2H].[2H][2H].[2H][2H].[2H][2H].[2H][2H].[2H][2H].[2H][2H].[2H][2H].[2H][2H].[2H][2H].[2H][2H].[2H][2H].[2H][2H].[2H][2H].[2H][2H].[2H][2H].[2H][2H]. The number of fused-ring (bicyclic) bond motifs is 1. The lowest BCUT2D eigenvalue weighted by Gasteiger charge is -2.34. The summed E-state index contributed by atoms with van der Waals surface area (Å²) < 4.78 is 332. The van der Waals surface area contributed by atoms with E-state index in [-0.39, 0.29) is 29.3 Å².